The van der Waals surface area contributed by atoms with Gasteiger partial charge in [0.1, 0.15) is 0 Å². The molecule has 0 atom stereocenters. The van der Waals surface area contributed by atoms with Crippen molar-refractivity contribution < 1.29 is 13.7 Å². The average Bonchev–Trinajstić information content (AvgIpc) is 1.51. The molecule has 19 rings (SSSR count). The van der Waals surface area contributed by atoms with Crippen molar-refractivity contribution in [3.8, 4) is 101 Å². The third-order valence-electron chi connectivity index (χ3n) is 18.4. The molecule has 0 amide bonds. The Balaban J connectivity index is 1.04. The van der Waals surface area contributed by atoms with E-state index in [4.69, 9.17) is 23.2 Å². The fraction of sp³-hybridized carbons (Fsp3) is 0. The molecule has 0 N–H and O–H groups in total. The van der Waals surface area contributed by atoms with Gasteiger partial charge in [0.25, 0.3) is 0 Å². The Hall–Kier alpha value is -12.4. The second kappa shape index (κ2) is 22.4. The summed E-state index contributed by atoms with van der Waals surface area (Å²) in [6.45, 7) is 9.58. The summed E-state index contributed by atoms with van der Waals surface area (Å²) in [6, 6.07) is 81.0. The van der Waals surface area contributed by atoms with E-state index in [1.54, 1.807) is 28.7 Å². The van der Waals surface area contributed by atoms with E-state index in [-0.39, 0.29) is 17.1 Å². The molecule has 0 radical (unpaired) electrons. The largest absolute Gasteiger partial charge is 0.308 e. The molecule has 96 heavy (non-hydrogen) atoms. The molecule has 0 unspecified atom stereocenters. The quantitative estimate of drug-likeness (QED) is 0.128. The van der Waals surface area contributed by atoms with Crippen LogP contribution in [0, 0.1) is 6.57 Å². The zero-order valence-corrected chi connectivity index (χ0v) is 52.4. The van der Waals surface area contributed by atoms with Gasteiger partial charge in [-0.25, -0.2) is 19.8 Å². The molecule has 14 aromatic carbocycles. The van der Waals surface area contributed by atoms with Gasteiger partial charge in [0, 0.05) is 84.1 Å². The Bertz CT molecular complexity index is 6870. The van der Waals surface area contributed by atoms with E-state index in [0.717, 1.165) is 128 Å². The van der Waals surface area contributed by atoms with E-state index >= 15 is 0 Å². The van der Waals surface area contributed by atoms with Gasteiger partial charge in [0.15, 0.2) is 23.2 Å². The van der Waals surface area contributed by atoms with E-state index in [1.807, 2.05) is 103 Å². The van der Waals surface area contributed by atoms with Gasteiger partial charge in [-0.15, -0.1) is 22.7 Å². The monoisotopic (exact) mass is 1270 g/mol. The maximum atomic E-state index is 9.58. The number of thiophene rings is 2. The first-order valence-electron chi connectivity index (χ1n) is 36.4. The molecule has 0 fully saturated rings. The number of hydrogen-bond donors (Lipinski definition) is 0. The minimum absolute atomic E-state index is 0.148. The predicted molar refractivity (Wildman–Crippen MR) is 404 cm³/mol. The minimum atomic E-state index is -0.678. The van der Waals surface area contributed by atoms with Crippen molar-refractivity contribution in [3.63, 3.8) is 0 Å². The van der Waals surface area contributed by atoms with Crippen molar-refractivity contribution in [3.05, 3.63) is 327 Å². The second-order valence-corrected chi connectivity index (χ2v) is 25.8. The minimum Gasteiger partial charge on any atom is -0.308 e. The zero-order chi connectivity index (χ0) is 72.1. The Morgan fingerprint density at radius 1 is 0.312 bits per heavy atom. The van der Waals surface area contributed by atoms with Crippen molar-refractivity contribution in [2.45, 2.75) is 0 Å². The molecule has 0 spiro atoms. The second-order valence-electron chi connectivity index (χ2n) is 23.7. The van der Waals surface area contributed by atoms with Crippen LogP contribution in [0.2, 0.25) is 0 Å². The molecule has 8 heteroatoms. The van der Waals surface area contributed by atoms with Crippen molar-refractivity contribution in [2.75, 3.05) is 0 Å². The third-order valence-corrected chi connectivity index (χ3v) is 20.8. The van der Waals surface area contributed by atoms with Crippen molar-refractivity contribution in [1.82, 2.24) is 24.1 Å². The van der Waals surface area contributed by atoms with Gasteiger partial charge in [-0.05, 0) is 117 Å². The van der Waals surface area contributed by atoms with E-state index in [9.17, 15) is 12.1 Å². The highest BCUT2D eigenvalue weighted by Crippen LogP contribution is 2.54. The number of aromatic nitrogens is 5. The molecule has 0 aliphatic rings. The Kier molecular flexibility index (Phi) is 10.7. The summed E-state index contributed by atoms with van der Waals surface area (Å²) in [5, 5.41) is 7.94. The van der Waals surface area contributed by atoms with Crippen molar-refractivity contribution in [1.29, 1.82) is 0 Å². The zero-order valence-electron chi connectivity index (χ0n) is 60.7. The van der Waals surface area contributed by atoms with Crippen LogP contribution in [-0.2, 0) is 0 Å². The van der Waals surface area contributed by atoms with Crippen molar-refractivity contribution >= 4 is 112 Å². The smallest absolute Gasteiger partial charge is 0.197 e. The predicted octanol–water partition coefficient (Wildman–Crippen LogP) is 24.7. The number of nitrogens with zero attached hydrogens (tertiary/aromatic N) is 6. The highest BCUT2D eigenvalue weighted by Gasteiger charge is 2.32. The van der Waals surface area contributed by atoms with Crippen LogP contribution in [0.1, 0.15) is 13.7 Å². The molecule has 0 aliphatic carbocycles. The SMILES string of the molecule is [2H]c1c([2H])c([2H])c(-c2nc(-c3cc([N+]#[C-])c(-c4ccccc4)c(-n4c5ccc(-c6ccccc6)cc5c5c6sc7ccc(-c8ccccc8)cc7c6ccc54)c3-n3c4ccc(-c5ccccc5)cc4c4c5sc6ccc(-c7ccccc7)cc6c5ccc43)nc(-c3c([2H])c([2H])c([2H])c([2H])c3[2H])n2)c([2H])c1[2H]. The van der Waals surface area contributed by atoms with E-state index in [0.29, 0.717) is 22.5 Å². The molecule has 446 valence electrons. The van der Waals surface area contributed by atoms with E-state index < -0.39 is 83.2 Å². The maximum absolute atomic E-state index is 9.58. The highest BCUT2D eigenvalue weighted by atomic mass is 32.1. The van der Waals surface area contributed by atoms with Crippen LogP contribution in [0.3, 0.4) is 0 Å². The van der Waals surface area contributed by atoms with Crippen LogP contribution in [0.5, 0.6) is 0 Å². The van der Waals surface area contributed by atoms with E-state index in [1.165, 1.54) is 0 Å². The van der Waals surface area contributed by atoms with Crippen LogP contribution in [-0.4, -0.2) is 24.1 Å². The fourth-order valence-corrected chi connectivity index (χ4v) is 16.6. The number of benzene rings is 14. The Morgan fingerprint density at radius 3 is 1.09 bits per heavy atom. The van der Waals surface area contributed by atoms with Crippen LogP contribution in [0.25, 0.3) is 190 Å². The Labute approximate surface area is 574 Å². The molecule has 0 aliphatic heterocycles. The van der Waals surface area contributed by atoms with Gasteiger partial charge < -0.3 is 9.13 Å². The third kappa shape index (κ3) is 8.94. The van der Waals surface area contributed by atoms with Gasteiger partial charge in [0.2, 0.25) is 0 Å². The van der Waals surface area contributed by atoms with Crippen LogP contribution >= 0.6 is 22.7 Å². The fourth-order valence-electron chi connectivity index (χ4n) is 14.1. The highest BCUT2D eigenvalue weighted by molar-refractivity contribution is 7.27. The summed E-state index contributed by atoms with van der Waals surface area (Å²) in [5.41, 5.74) is 13.0. The first kappa shape index (κ1) is 45.8. The molecular formula is C88H52N6S2. The lowest BCUT2D eigenvalue weighted by Gasteiger charge is -2.25. The first-order valence-corrected chi connectivity index (χ1v) is 33.0. The molecule has 5 aromatic heterocycles. The molecule has 5 heterocycles. The van der Waals surface area contributed by atoms with Gasteiger partial charge in [-0.1, -0.05) is 248 Å². The Morgan fingerprint density at radius 2 is 0.677 bits per heavy atom. The molecule has 0 saturated carbocycles. The maximum Gasteiger partial charge on any atom is 0.197 e. The number of hydrogen-bond acceptors (Lipinski definition) is 5. The van der Waals surface area contributed by atoms with Crippen LogP contribution < -0.4 is 0 Å². The summed E-state index contributed by atoms with van der Waals surface area (Å²) in [7, 11) is 0. The lowest BCUT2D eigenvalue weighted by atomic mass is 9.95. The van der Waals surface area contributed by atoms with Crippen molar-refractivity contribution in [2.24, 2.45) is 0 Å². The summed E-state index contributed by atoms with van der Waals surface area (Å²) in [4.78, 5) is 19.8. The standard InChI is InChI=1S/C88H52N6S2/c1-89-72-53-71(88-91-86(59-33-19-7-20-34-59)90-87(92-88)60-35-21-8-22-36-60)82(93-73-43-37-61(54-23-9-2-10-24-54)51-69(73)80-75(93)45-41-65-67-49-63(56-27-13-4-14-28-56)39-47-77(67)95-84(65)80)83(79(72)58-31-17-6-18-32-58)94-74-44-38-62(55-25-11-3-12-26-55)52-70(74)81-76(94)46-42-66-68-50-64(57-29-15-5-16-30-57)40-48-78(68)96-85(66)81/h2-53H/i7D,8D,19D,20D,21D,22D,33D,34D,35D,36D. The van der Waals surface area contributed by atoms with Gasteiger partial charge in [0.05, 0.1) is 53.7 Å². The normalized spacial score (nSPS) is 13.2. The van der Waals surface area contributed by atoms with E-state index in [2.05, 4.69) is 160 Å². The average molecular weight is 1270 g/mol. The summed E-state index contributed by atoms with van der Waals surface area (Å²) in [5.74, 6) is -1.10. The van der Waals surface area contributed by atoms with Gasteiger partial charge in [-0.3, -0.25) is 0 Å². The summed E-state index contributed by atoms with van der Waals surface area (Å²) in [6.07, 6.45) is 0. The van der Waals surface area contributed by atoms with Crippen LogP contribution in [0.4, 0.5) is 5.69 Å². The molecule has 0 bridgehead atoms. The summed E-state index contributed by atoms with van der Waals surface area (Å²) >= 11 is 3.41. The van der Waals surface area contributed by atoms with Gasteiger partial charge in [-0.2, -0.15) is 0 Å². The van der Waals surface area contributed by atoms with Gasteiger partial charge >= 0.3 is 0 Å². The topological polar surface area (TPSA) is 52.9 Å². The number of rotatable bonds is 10. The first-order chi connectivity index (χ1) is 51.7. The summed E-state index contributed by atoms with van der Waals surface area (Å²) < 4.78 is 100. The molecule has 6 nitrogen and oxygen atoms in total. The lowest BCUT2D eigenvalue weighted by molar-refractivity contribution is 1.05. The lowest BCUT2D eigenvalue weighted by Crippen LogP contribution is -2.10. The van der Waals surface area contributed by atoms with Crippen LogP contribution in [0.15, 0.2) is 315 Å². The molecule has 0 saturated heterocycles. The molecular weight excluding hydrogens is 1210 g/mol. The number of fused-ring (bicyclic) bond motifs is 14. The molecule has 19 aromatic rings.